The van der Waals surface area contributed by atoms with Crippen LogP contribution in [0.1, 0.15) is 37.8 Å². The Morgan fingerprint density at radius 3 is 2.64 bits per heavy atom. The summed E-state index contributed by atoms with van der Waals surface area (Å²) < 4.78 is 5.56. The Hall–Kier alpha value is -0.820. The third-order valence-electron chi connectivity index (χ3n) is 2.31. The van der Waals surface area contributed by atoms with Gasteiger partial charge in [0.1, 0.15) is 0 Å². The highest BCUT2D eigenvalue weighted by atomic mass is 16.5. The molecular formula is C13H20O. The zero-order chi connectivity index (χ0) is 10.2. The van der Waals surface area contributed by atoms with Gasteiger partial charge in [0, 0.05) is 6.61 Å². The Morgan fingerprint density at radius 1 is 1.14 bits per heavy atom. The van der Waals surface area contributed by atoms with Crippen LogP contribution in [0.15, 0.2) is 24.3 Å². The Balaban J connectivity index is 2.34. The lowest BCUT2D eigenvalue weighted by molar-refractivity contribution is 0.118. The summed E-state index contributed by atoms with van der Waals surface area (Å²) in [4.78, 5) is 0. The highest BCUT2D eigenvalue weighted by Gasteiger charge is 1.94. The summed E-state index contributed by atoms with van der Waals surface area (Å²) >= 11 is 0. The van der Waals surface area contributed by atoms with Crippen LogP contribution in [-0.2, 0) is 17.8 Å². The number of rotatable bonds is 6. The van der Waals surface area contributed by atoms with Gasteiger partial charge in [0.2, 0.25) is 0 Å². The van der Waals surface area contributed by atoms with Crippen LogP contribution in [0.2, 0.25) is 0 Å². The maximum absolute atomic E-state index is 5.56. The molecule has 0 fully saturated rings. The molecule has 1 heteroatoms. The zero-order valence-corrected chi connectivity index (χ0v) is 9.25. The normalized spacial score (nSPS) is 10.4. The molecule has 1 aromatic rings. The fraction of sp³-hybridized carbons (Fsp3) is 0.538. The molecule has 14 heavy (non-hydrogen) atoms. The lowest BCUT2D eigenvalue weighted by Crippen LogP contribution is -1.95. The van der Waals surface area contributed by atoms with E-state index < -0.39 is 0 Å². The SMILES string of the molecule is CCCCOCc1cccc(CC)c1. The second-order valence-corrected chi connectivity index (χ2v) is 3.58. The number of unbranched alkanes of at least 4 members (excludes halogenated alkanes) is 1. The van der Waals surface area contributed by atoms with Gasteiger partial charge in [-0.25, -0.2) is 0 Å². The van der Waals surface area contributed by atoms with E-state index in [-0.39, 0.29) is 0 Å². The van der Waals surface area contributed by atoms with Gasteiger partial charge in [-0.2, -0.15) is 0 Å². The van der Waals surface area contributed by atoms with E-state index in [0.717, 1.165) is 26.1 Å². The maximum atomic E-state index is 5.56. The lowest BCUT2D eigenvalue weighted by Gasteiger charge is -2.04. The molecule has 1 rings (SSSR count). The van der Waals surface area contributed by atoms with Gasteiger partial charge in [-0.1, -0.05) is 44.5 Å². The Bertz CT molecular complexity index is 255. The van der Waals surface area contributed by atoms with E-state index in [1.165, 1.54) is 17.5 Å². The number of ether oxygens (including phenoxy) is 1. The molecule has 78 valence electrons. The highest BCUT2D eigenvalue weighted by Crippen LogP contribution is 2.07. The summed E-state index contributed by atoms with van der Waals surface area (Å²) in [5.41, 5.74) is 2.68. The minimum absolute atomic E-state index is 0.758. The van der Waals surface area contributed by atoms with Crippen LogP contribution < -0.4 is 0 Å². The first-order valence-corrected chi connectivity index (χ1v) is 5.52. The minimum Gasteiger partial charge on any atom is -0.377 e. The second kappa shape index (κ2) is 6.61. The molecule has 0 bridgehead atoms. The molecule has 0 amide bonds. The zero-order valence-electron chi connectivity index (χ0n) is 9.25. The van der Waals surface area contributed by atoms with Gasteiger partial charge >= 0.3 is 0 Å². The lowest BCUT2D eigenvalue weighted by atomic mass is 10.1. The molecule has 0 N–H and O–H groups in total. The second-order valence-electron chi connectivity index (χ2n) is 3.58. The molecular weight excluding hydrogens is 172 g/mol. The molecule has 0 heterocycles. The van der Waals surface area contributed by atoms with E-state index in [4.69, 9.17) is 4.74 Å². The summed E-state index contributed by atoms with van der Waals surface area (Å²) in [7, 11) is 0. The summed E-state index contributed by atoms with van der Waals surface area (Å²) in [5, 5.41) is 0. The van der Waals surface area contributed by atoms with Gasteiger partial charge < -0.3 is 4.74 Å². The molecule has 0 aliphatic carbocycles. The number of hydrogen-bond acceptors (Lipinski definition) is 1. The van der Waals surface area contributed by atoms with Crippen LogP contribution in [-0.4, -0.2) is 6.61 Å². The first-order chi connectivity index (χ1) is 6.86. The largest absolute Gasteiger partial charge is 0.377 e. The van der Waals surface area contributed by atoms with Crippen LogP contribution in [0, 0.1) is 0 Å². The average molecular weight is 192 g/mol. The minimum atomic E-state index is 0.758. The smallest absolute Gasteiger partial charge is 0.0716 e. The standard InChI is InChI=1S/C13H20O/c1-3-5-9-14-11-13-8-6-7-12(4-2)10-13/h6-8,10H,3-5,9,11H2,1-2H3. The molecule has 1 nitrogen and oxygen atoms in total. The molecule has 0 radical (unpaired) electrons. The Labute approximate surface area is 87.1 Å². The van der Waals surface area contributed by atoms with E-state index in [1.807, 2.05) is 0 Å². The van der Waals surface area contributed by atoms with Crippen molar-refractivity contribution in [3.05, 3.63) is 35.4 Å². The molecule has 0 aromatic heterocycles. The van der Waals surface area contributed by atoms with E-state index in [0.29, 0.717) is 0 Å². The van der Waals surface area contributed by atoms with Crippen LogP contribution in [0.3, 0.4) is 0 Å². The van der Waals surface area contributed by atoms with Crippen molar-refractivity contribution in [1.29, 1.82) is 0 Å². The van der Waals surface area contributed by atoms with Crippen molar-refractivity contribution in [3.8, 4) is 0 Å². The van der Waals surface area contributed by atoms with Crippen molar-refractivity contribution in [1.82, 2.24) is 0 Å². The topological polar surface area (TPSA) is 9.23 Å². The van der Waals surface area contributed by atoms with Gasteiger partial charge in [-0.15, -0.1) is 0 Å². The van der Waals surface area contributed by atoms with E-state index in [9.17, 15) is 0 Å². The molecule has 0 saturated carbocycles. The van der Waals surface area contributed by atoms with Gasteiger partial charge in [0.25, 0.3) is 0 Å². The molecule has 0 spiro atoms. The quantitative estimate of drug-likeness (QED) is 0.626. The molecule has 0 aliphatic rings. The third-order valence-corrected chi connectivity index (χ3v) is 2.31. The number of aryl methyl sites for hydroxylation is 1. The van der Waals surface area contributed by atoms with E-state index in [1.54, 1.807) is 0 Å². The van der Waals surface area contributed by atoms with Crippen LogP contribution >= 0.6 is 0 Å². The molecule has 0 unspecified atom stereocenters. The molecule has 1 aromatic carbocycles. The van der Waals surface area contributed by atoms with Crippen molar-refractivity contribution in [2.45, 2.75) is 39.7 Å². The van der Waals surface area contributed by atoms with Crippen molar-refractivity contribution in [2.75, 3.05) is 6.61 Å². The summed E-state index contributed by atoms with van der Waals surface area (Å²) in [6.45, 7) is 6.00. The van der Waals surface area contributed by atoms with E-state index >= 15 is 0 Å². The van der Waals surface area contributed by atoms with Crippen LogP contribution in [0.5, 0.6) is 0 Å². The average Bonchev–Trinajstić information content (AvgIpc) is 2.25. The highest BCUT2D eigenvalue weighted by molar-refractivity contribution is 5.22. The van der Waals surface area contributed by atoms with Gasteiger partial charge in [-0.3, -0.25) is 0 Å². The predicted octanol–water partition coefficient (Wildman–Crippen LogP) is 3.57. The first-order valence-electron chi connectivity index (χ1n) is 5.52. The van der Waals surface area contributed by atoms with Crippen LogP contribution in [0.25, 0.3) is 0 Å². The van der Waals surface area contributed by atoms with Gasteiger partial charge in [0.05, 0.1) is 6.61 Å². The van der Waals surface area contributed by atoms with E-state index in [2.05, 4.69) is 38.1 Å². The Morgan fingerprint density at radius 2 is 1.93 bits per heavy atom. The molecule has 0 aliphatic heterocycles. The van der Waals surface area contributed by atoms with Crippen molar-refractivity contribution < 1.29 is 4.74 Å². The van der Waals surface area contributed by atoms with Gasteiger partial charge in [-0.05, 0) is 24.0 Å². The Kier molecular flexibility index (Phi) is 5.31. The van der Waals surface area contributed by atoms with Gasteiger partial charge in [0.15, 0.2) is 0 Å². The molecule has 0 atom stereocenters. The first kappa shape index (κ1) is 11.3. The van der Waals surface area contributed by atoms with Crippen molar-refractivity contribution >= 4 is 0 Å². The summed E-state index contributed by atoms with van der Waals surface area (Å²) in [6, 6.07) is 8.63. The number of hydrogen-bond donors (Lipinski definition) is 0. The fourth-order valence-corrected chi connectivity index (χ4v) is 1.38. The third kappa shape index (κ3) is 3.93. The van der Waals surface area contributed by atoms with Crippen LogP contribution in [0.4, 0.5) is 0 Å². The van der Waals surface area contributed by atoms with Crippen molar-refractivity contribution in [3.63, 3.8) is 0 Å². The summed E-state index contributed by atoms with van der Waals surface area (Å²) in [6.07, 6.45) is 3.46. The predicted molar refractivity (Wildman–Crippen MR) is 60.4 cm³/mol. The fourth-order valence-electron chi connectivity index (χ4n) is 1.38. The van der Waals surface area contributed by atoms with Crippen molar-refractivity contribution in [2.24, 2.45) is 0 Å². The number of benzene rings is 1. The summed E-state index contributed by atoms with van der Waals surface area (Å²) in [5.74, 6) is 0. The molecule has 0 saturated heterocycles. The maximum Gasteiger partial charge on any atom is 0.0716 e. The monoisotopic (exact) mass is 192 g/mol.